The van der Waals surface area contributed by atoms with E-state index in [9.17, 15) is 29.9 Å². The predicted octanol–water partition coefficient (Wildman–Crippen LogP) is 0.0167. The lowest BCUT2D eigenvalue weighted by Crippen LogP contribution is -2.63. The molecule has 2 aromatic carbocycles. The third kappa shape index (κ3) is 3.66. The molecule has 0 radical (unpaired) electrons. The van der Waals surface area contributed by atoms with Crippen LogP contribution in [0.25, 0.3) is 0 Å². The normalized spacial score (nSPS) is 30.0. The number of rotatable bonds is 4. The number of hydrogen-bond acceptors (Lipinski definition) is 6. The van der Waals surface area contributed by atoms with E-state index in [1.165, 1.54) is 12.1 Å². The van der Waals surface area contributed by atoms with Crippen molar-refractivity contribution in [1.29, 1.82) is 0 Å². The Morgan fingerprint density at radius 3 is 2.36 bits per heavy atom. The first-order valence-electron chi connectivity index (χ1n) is 8.70. The van der Waals surface area contributed by atoms with Crippen molar-refractivity contribution < 1.29 is 34.7 Å². The van der Waals surface area contributed by atoms with E-state index in [1.54, 1.807) is 24.3 Å². The average molecular weight is 388 g/mol. The van der Waals surface area contributed by atoms with Crippen molar-refractivity contribution in [2.45, 2.75) is 36.6 Å². The number of aliphatic hydroxyl groups excluding tert-OH is 4. The maximum Gasteiger partial charge on any atom is 0.222 e. The highest BCUT2D eigenvalue weighted by molar-refractivity contribution is 5.38. The van der Waals surface area contributed by atoms with Gasteiger partial charge in [0, 0.05) is 17.5 Å². The lowest BCUT2D eigenvalue weighted by molar-refractivity contribution is -0.357. The molecule has 0 saturated carbocycles. The average Bonchev–Trinajstić information content (AvgIpc) is 2.71. The molecule has 5 N–H and O–H groups in total. The molecular weight excluding hydrogens is 367 g/mol. The first-order chi connectivity index (χ1) is 13.3. The zero-order valence-electron chi connectivity index (χ0n) is 14.9. The largest absolute Gasteiger partial charge is 0.394 e. The third-order valence-electron chi connectivity index (χ3n) is 4.94. The van der Waals surface area contributed by atoms with E-state index >= 15 is 0 Å². The Morgan fingerprint density at radius 1 is 1.07 bits per heavy atom. The van der Waals surface area contributed by atoms with Crippen LogP contribution in [-0.4, -0.2) is 56.6 Å². The van der Waals surface area contributed by atoms with Gasteiger partial charge >= 0.3 is 0 Å². The Hall–Kier alpha value is -2.31. The molecule has 28 heavy (non-hydrogen) atoms. The van der Waals surface area contributed by atoms with Gasteiger partial charge in [0.2, 0.25) is 5.79 Å². The van der Waals surface area contributed by atoms with Gasteiger partial charge in [-0.2, -0.15) is 0 Å². The molecular formula is C21H21FO6. The molecule has 5 atom stereocenters. The molecule has 7 heteroatoms. The van der Waals surface area contributed by atoms with Gasteiger partial charge in [0.05, 0.1) is 6.61 Å². The van der Waals surface area contributed by atoms with Crippen LogP contribution in [0.15, 0.2) is 42.5 Å². The maximum absolute atomic E-state index is 14.3. The molecule has 1 fully saturated rings. The van der Waals surface area contributed by atoms with Crippen molar-refractivity contribution >= 4 is 0 Å². The second-order valence-electron chi connectivity index (χ2n) is 6.79. The molecule has 148 valence electrons. The van der Waals surface area contributed by atoms with Gasteiger partial charge in [0.1, 0.15) is 30.2 Å². The van der Waals surface area contributed by atoms with E-state index in [0.717, 1.165) is 11.6 Å². The van der Waals surface area contributed by atoms with Crippen molar-refractivity contribution in [3.05, 3.63) is 70.5 Å². The van der Waals surface area contributed by atoms with Gasteiger partial charge in [-0.05, 0) is 35.4 Å². The van der Waals surface area contributed by atoms with Crippen molar-refractivity contribution in [3.63, 3.8) is 0 Å². The van der Waals surface area contributed by atoms with Crippen LogP contribution in [0.5, 0.6) is 0 Å². The summed E-state index contributed by atoms with van der Waals surface area (Å²) in [6, 6.07) is 10.6. The fourth-order valence-electron chi connectivity index (χ4n) is 3.26. The van der Waals surface area contributed by atoms with E-state index in [4.69, 9.17) is 11.2 Å². The quantitative estimate of drug-likeness (QED) is 0.473. The van der Waals surface area contributed by atoms with Gasteiger partial charge in [-0.3, -0.25) is 0 Å². The Morgan fingerprint density at radius 2 is 1.75 bits per heavy atom. The molecule has 0 bridgehead atoms. The zero-order valence-corrected chi connectivity index (χ0v) is 14.9. The Bertz CT molecular complexity index is 875. The molecule has 1 aliphatic rings. The van der Waals surface area contributed by atoms with Crippen molar-refractivity contribution in [2.24, 2.45) is 0 Å². The van der Waals surface area contributed by atoms with Crippen LogP contribution in [-0.2, 0) is 16.9 Å². The van der Waals surface area contributed by atoms with Gasteiger partial charge in [0.15, 0.2) is 0 Å². The van der Waals surface area contributed by atoms with Crippen LogP contribution >= 0.6 is 0 Å². The minimum atomic E-state index is -2.43. The fraction of sp³-hybridized carbons (Fsp3) is 0.333. The van der Waals surface area contributed by atoms with Crippen LogP contribution in [0.4, 0.5) is 4.39 Å². The molecule has 0 aliphatic carbocycles. The van der Waals surface area contributed by atoms with Gasteiger partial charge in [0.25, 0.3) is 0 Å². The minimum Gasteiger partial charge on any atom is -0.394 e. The Kier molecular flexibility index (Phi) is 5.82. The lowest BCUT2D eigenvalue weighted by Gasteiger charge is -2.45. The molecule has 0 spiro atoms. The van der Waals surface area contributed by atoms with Crippen molar-refractivity contribution in [3.8, 4) is 12.3 Å². The number of hydrogen-bond donors (Lipinski definition) is 5. The number of benzene rings is 2. The highest BCUT2D eigenvalue weighted by atomic mass is 19.1. The molecule has 0 aromatic heterocycles. The highest BCUT2D eigenvalue weighted by Crippen LogP contribution is 2.37. The summed E-state index contributed by atoms with van der Waals surface area (Å²) in [4.78, 5) is 0. The van der Waals surface area contributed by atoms with E-state index in [0.29, 0.717) is 5.56 Å². The monoisotopic (exact) mass is 388 g/mol. The minimum absolute atomic E-state index is 0.0129. The third-order valence-corrected chi connectivity index (χ3v) is 4.94. The summed E-state index contributed by atoms with van der Waals surface area (Å²) in [5.74, 6) is -0.466. The molecule has 3 rings (SSSR count). The summed E-state index contributed by atoms with van der Waals surface area (Å²) < 4.78 is 19.6. The van der Waals surface area contributed by atoms with E-state index in [2.05, 4.69) is 5.92 Å². The molecule has 2 aromatic rings. The molecule has 1 saturated heterocycles. The number of aliphatic hydroxyl groups is 5. The molecule has 1 heterocycles. The van der Waals surface area contributed by atoms with Crippen molar-refractivity contribution in [2.75, 3.05) is 6.61 Å². The summed E-state index contributed by atoms with van der Waals surface area (Å²) in [6.45, 7) is -0.692. The first-order valence-corrected chi connectivity index (χ1v) is 8.70. The summed E-state index contributed by atoms with van der Waals surface area (Å²) in [7, 11) is 0. The molecule has 0 unspecified atom stereocenters. The SMILES string of the molecule is C#Cc1ccc(Cc2cc([C@]3(O)O[C@H](CO)[C@@H](O)[C@H](O)[C@H]3O)ccc2F)cc1. The second-order valence-corrected chi connectivity index (χ2v) is 6.79. The predicted molar refractivity (Wildman–Crippen MR) is 97.5 cm³/mol. The van der Waals surface area contributed by atoms with Crippen LogP contribution in [0, 0.1) is 18.2 Å². The maximum atomic E-state index is 14.3. The highest BCUT2D eigenvalue weighted by Gasteiger charge is 2.53. The van der Waals surface area contributed by atoms with Gasteiger partial charge in [-0.1, -0.05) is 24.1 Å². The summed E-state index contributed by atoms with van der Waals surface area (Å²) in [6.07, 6.45) is -1.08. The smallest absolute Gasteiger partial charge is 0.222 e. The number of ether oxygens (including phenoxy) is 1. The number of terminal acetylenes is 1. The summed E-state index contributed by atoms with van der Waals surface area (Å²) in [5, 5.41) is 50.3. The standard InChI is InChI=1S/C21H21FO6/c1-2-12-3-5-13(6-4-12)9-14-10-15(7-8-16(14)22)21(27)20(26)19(25)18(24)17(11-23)28-21/h1,3-8,10,17-20,23-27H,9,11H2/t17-,18-,19+,20-,21+/m1/s1. The van der Waals surface area contributed by atoms with E-state index < -0.39 is 42.6 Å². The molecule has 1 aliphatic heterocycles. The molecule has 0 amide bonds. The van der Waals surface area contributed by atoms with Crippen molar-refractivity contribution in [1.82, 2.24) is 0 Å². The Labute approximate surface area is 161 Å². The van der Waals surface area contributed by atoms with Crippen LogP contribution in [0.1, 0.15) is 22.3 Å². The second kappa shape index (κ2) is 7.97. The topological polar surface area (TPSA) is 110 Å². The molecule has 6 nitrogen and oxygen atoms in total. The van der Waals surface area contributed by atoms with Crippen LogP contribution < -0.4 is 0 Å². The fourth-order valence-corrected chi connectivity index (χ4v) is 3.26. The number of halogens is 1. The van der Waals surface area contributed by atoms with Gasteiger partial charge in [-0.15, -0.1) is 6.42 Å². The van der Waals surface area contributed by atoms with E-state index in [1.807, 2.05) is 0 Å². The van der Waals surface area contributed by atoms with Crippen LogP contribution in [0.2, 0.25) is 0 Å². The van der Waals surface area contributed by atoms with Gasteiger partial charge < -0.3 is 30.3 Å². The summed E-state index contributed by atoms with van der Waals surface area (Å²) in [5.41, 5.74) is 1.67. The Balaban J connectivity index is 1.94. The van der Waals surface area contributed by atoms with E-state index in [-0.39, 0.29) is 17.5 Å². The van der Waals surface area contributed by atoms with Crippen LogP contribution in [0.3, 0.4) is 0 Å². The summed E-state index contributed by atoms with van der Waals surface area (Å²) >= 11 is 0. The zero-order chi connectivity index (χ0) is 20.5. The first kappa shape index (κ1) is 20.4. The van der Waals surface area contributed by atoms with Gasteiger partial charge in [-0.25, -0.2) is 4.39 Å². The lowest BCUT2D eigenvalue weighted by atomic mass is 9.87.